The molecule has 0 fully saturated rings. The highest BCUT2D eigenvalue weighted by Gasteiger charge is 2.30. The van der Waals surface area contributed by atoms with Crippen molar-refractivity contribution in [3.63, 3.8) is 0 Å². The van der Waals surface area contributed by atoms with Gasteiger partial charge in [-0.1, -0.05) is 11.6 Å². The number of rotatable bonds is 6. The summed E-state index contributed by atoms with van der Waals surface area (Å²) < 4.78 is 25.7. The molecule has 0 radical (unpaired) electrons. The second kappa shape index (κ2) is 9.31. The minimum absolute atomic E-state index is 0.230. The normalized spacial score (nSPS) is 13.3. The highest BCUT2D eigenvalue weighted by Crippen LogP contribution is 2.34. The van der Waals surface area contributed by atoms with Crippen LogP contribution in [0.15, 0.2) is 35.3 Å². The number of ether oxygens (including phenoxy) is 2. The molecule has 8 heteroatoms. The molecule has 1 aromatic carbocycles. The molecule has 0 N–H and O–H groups in total. The molecule has 0 aliphatic carbocycles. The number of carbonyl (C=O) groups excluding carboxylic acids is 1. The first-order valence-electron chi connectivity index (χ1n) is 9.34. The van der Waals surface area contributed by atoms with Gasteiger partial charge in [-0.05, 0) is 45.9 Å². The summed E-state index contributed by atoms with van der Waals surface area (Å²) in [4.78, 5) is 25.6. The van der Waals surface area contributed by atoms with Crippen LogP contribution in [0, 0.1) is 11.3 Å². The number of esters is 1. The van der Waals surface area contributed by atoms with Crippen molar-refractivity contribution in [1.29, 1.82) is 5.26 Å². The van der Waals surface area contributed by atoms with Crippen molar-refractivity contribution in [2.45, 2.75) is 51.9 Å². The lowest BCUT2D eigenvalue weighted by atomic mass is 10.00. The van der Waals surface area contributed by atoms with Crippen molar-refractivity contribution in [2.24, 2.45) is 0 Å². The Morgan fingerprint density at radius 2 is 1.97 bits per heavy atom. The number of aromatic nitrogens is 1. The largest absolute Gasteiger partial charge is 0.495 e. The van der Waals surface area contributed by atoms with E-state index >= 15 is 0 Å². The molecule has 0 saturated heterocycles. The van der Waals surface area contributed by atoms with E-state index < -0.39 is 29.3 Å². The Kier molecular flexibility index (Phi) is 7.27. The first-order valence-corrected chi connectivity index (χ1v) is 9.71. The van der Waals surface area contributed by atoms with Gasteiger partial charge in [0.25, 0.3) is 5.56 Å². The van der Waals surface area contributed by atoms with Gasteiger partial charge in [0.2, 0.25) is 0 Å². The Balaban J connectivity index is 2.65. The molecule has 0 spiro atoms. The van der Waals surface area contributed by atoms with Crippen LogP contribution in [0.2, 0.25) is 5.02 Å². The van der Waals surface area contributed by atoms with E-state index in [9.17, 15) is 19.2 Å². The van der Waals surface area contributed by atoms with E-state index in [4.69, 9.17) is 21.1 Å². The average Bonchev–Trinajstić information content (AvgIpc) is 2.64. The summed E-state index contributed by atoms with van der Waals surface area (Å²) in [6.07, 6.45) is -0.257. The van der Waals surface area contributed by atoms with Crippen molar-refractivity contribution in [1.82, 2.24) is 4.57 Å². The van der Waals surface area contributed by atoms with Crippen LogP contribution in [0.4, 0.5) is 4.39 Å². The van der Waals surface area contributed by atoms with Gasteiger partial charge < -0.3 is 9.47 Å². The van der Waals surface area contributed by atoms with E-state index in [0.29, 0.717) is 21.7 Å². The molecule has 0 aliphatic rings. The molecule has 2 aromatic rings. The van der Waals surface area contributed by atoms with Gasteiger partial charge in [-0.3, -0.25) is 9.36 Å². The topological polar surface area (TPSA) is 81.3 Å². The van der Waals surface area contributed by atoms with Crippen LogP contribution in [0.3, 0.4) is 0 Å². The van der Waals surface area contributed by atoms with Crippen molar-refractivity contribution in [3.8, 4) is 22.9 Å². The molecular weight excluding hydrogens is 411 g/mol. The molecule has 2 unspecified atom stereocenters. The van der Waals surface area contributed by atoms with Crippen molar-refractivity contribution in [3.05, 3.63) is 51.4 Å². The van der Waals surface area contributed by atoms with Crippen LogP contribution in [0.5, 0.6) is 5.75 Å². The fourth-order valence-electron chi connectivity index (χ4n) is 2.98. The Hall–Kier alpha value is -2.85. The van der Waals surface area contributed by atoms with Gasteiger partial charge in [-0.15, -0.1) is 0 Å². The van der Waals surface area contributed by atoms with Crippen LogP contribution >= 0.6 is 11.6 Å². The molecule has 160 valence electrons. The van der Waals surface area contributed by atoms with Gasteiger partial charge in [0.1, 0.15) is 17.4 Å². The maximum Gasteiger partial charge on any atom is 0.329 e. The molecule has 0 amide bonds. The highest BCUT2D eigenvalue weighted by molar-refractivity contribution is 6.31. The van der Waals surface area contributed by atoms with Crippen LogP contribution < -0.4 is 10.3 Å². The van der Waals surface area contributed by atoms with Gasteiger partial charge in [0.05, 0.1) is 31.1 Å². The highest BCUT2D eigenvalue weighted by atomic mass is 35.5. The third-order valence-corrected chi connectivity index (χ3v) is 4.45. The van der Waals surface area contributed by atoms with Crippen LogP contribution in [0.1, 0.15) is 45.7 Å². The lowest BCUT2D eigenvalue weighted by Gasteiger charge is -2.26. The summed E-state index contributed by atoms with van der Waals surface area (Å²) in [5.74, 6) is -0.488. The van der Waals surface area contributed by atoms with Gasteiger partial charge >= 0.3 is 5.97 Å². The first-order chi connectivity index (χ1) is 14.0. The number of nitriles is 1. The van der Waals surface area contributed by atoms with E-state index in [1.165, 1.54) is 32.4 Å². The number of benzene rings is 1. The van der Waals surface area contributed by atoms with Crippen LogP contribution in [0.25, 0.3) is 11.1 Å². The lowest BCUT2D eigenvalue weighted by molar-refractivity contribution is -0.159. The number of alkyl halides is 1. The summed E-state index contributed by atoms with van der Waals surface area (Å²) in [6.45, 7) is 6.38. The predicted molar refractivity (Wildman–Crippen MR) is 112 cm³/mol. The molecular formula is C22H24ClFN2O4. The van der Waals surface area contributed by atoms with E-state index in [1.54, 1.807) is 32.9 Å². The summed E-state index contributed by atoms with van der Waals surface area (Å²) in [7, 11) is 1.39. The zero-order valence-corrected chi connectivity index (χ0v) is 18.3. The van der Waals surface area contributed by atoms with Gasteiger partial charge in [0.15, 0.2) is 0 Å². The Bertz CT molecular complexity index is 1030. The zero-order chi connectivity index (χ0) is 22.6. The maximum absolute atomic E-state index is 13.8. The van der Waals surface area contributed by atoms with Crippen LogP contribution in [-0.2, 0) is 9.53 Å². The molecule has 2 rings (SSSR count). The SMILES string of the molecule is COc1cn(C(CC(C)F)C(=O)OC(C)(C)C)c(=O)cc1-c1cc(Cl)ccc1C#N. The molecule has 0 bridgehead atoms. The van der Waals surface area contributed by atoms with Gasteiger partial charge in [-0.25, -0.2) is 9.18 Å². The predicted octanol–water partition coefficient (Wildman–Crippen LogP) is 4.68. The Labute approximate surface area is 179 Å². The molecule has 30 heavy (non-hydrogen) atoms. The standard InChI is InChI=1S/C22H24ClFN2O4/c1-13(24)8-18(21(28)30-22(2,3)4)26-12-19(29-5)17(10-20(26)27)16-9-15(23)7-6-14(16)11-25/h6-7,9-10,12-13,18H,8H2,1-5H3. The lowest BCUT2D eigenvalue weighted by Crippen LogP contribution is -2.36. The number of nitrogens with zero attached hydrogens (tertiary/aromatic N) is 2. The van der Waals surface area contributed by atoms with E-state index in [1.807, 2.05) is 0 Å². The van der Waals surface area contributed by atoms with Crippen molar-refractivity contribution >= 4 is 17.6 Å². The maximum atomic E-state index is 13.8. The molecule has 1 heterocycles. The number of pyridine rings is 1. The third kappa shape index (κ3) is 5.61. The zero-order valence-electron chi connectivity index (χ0n) is 17.5. The second-order valence-electron chi connectivity index (χ2n) is 7.87. The van der Waals surface area contributed by atoms with E-state index in [0.717, 1.165) is 4.57 Å². The molecule has 6 nitrogen and oxygen atoms in total. The average molecular weight is 435 g/mol. The monoisotopic (exact) mass is 434 g/mol. The fourth-order valence-corrected chi connectivity index (χ4v) is 3.16. The van der Waals surface area contributed by atoms with E-state index in [-0.39, 0.29) is 12.2 Å². The van der Waals surface area contributed by atoms with E-state index in [2.05, 4.69) is 6.07 Å². The Morgan fingerprint density at radius 3 is 2.50 bits per heavy atom. The quantitative estimate of drug-likeness (QED) is 0.616. The molecule has 0 aliphatic heterocycles. The molecule has 0 saturated carbocycles. The van der Waals surface area contributed by atoms with Crippen molar-refractivity contribution in [2.75, 3.05) is 7.11 Å². The van der Waals surface area contributed by atoms with Crippen molar-refractivity contribution < 1.29 is 18.7 Å². The number of carbonyl (C=O) groups is 1. The third-order valence-electron chi connectivity index (χ3n) is 4.22. The van der Waals surface area contributed by atoms with Gasteiger partial charge in [0, 0.05) is 28.6 Å². The molecule has 2 atom stereocenters. The van der Waals surface area contributed by atoms with Crippen LogP contribution in [-0.4, -0.2) is 29.4 Å². The minimum Gasteiger partial charge on any atom is -0.495 e. The summed E-state index contributed by atoms with van der Waals surface area (Å²) in [5, 5.41) is 9.79. The Morgan fingerprint density at radius 1 is 1.30 bits per heavy atom. The minimum atomic E-state index is -1.35. The molecule has 1 aromatic heterocycles. The summed E-state index contributed by atoms with van der Waals surface area (Å²) in [5.41, 5.74) is -0.305. The van der Waals surface area contributed by atoms with Gasteiger partial charge in [-0.2, -0.15) is 5.26 Å². The smallest absolute Gasteiger partial charge is 0.329 e. The summed E-state index contributed by atoms with van der Waals surface area (Å²) >= 11 is 6.06. The number of methoxy groups -OCH3 is 1. The number of hydrogen-bond acceptors (Lipinski definition) is 5. The fraction of sp³-hybridized carbons (Fsp3) is 0.409. The number of halogens is 2. The second-order valence-corrected chi connectivity index (χ2v) is 8.30. The first kappa shape index (κ1) is 23.4. The summed E-state index contributed by atoms with van der Waals surface area (Å²) in [6, 6.07) is 6.78. The number of hydrogen-bond donors (Lipinski definition) is 0.